The molecule has 88 valence electrons. The van der Waals surface area contributed by atoms with E-state index in [-0.39, 0.29) is 0 Å². The van der Waals surface area contributed by atoms with E-state index in [4.69, 9.17) is 11.6 Å². The number of hydrogen-bond donors (Lipinski definition) is 0. The Morgan fingerprint density at radius 1 is 1.12 bits per heavy atom. The lowest BCUT2D eigenvalue weighted by Crippen LogP contribution is -1.99. The molecule has 4 heteroatoms. The van der Waals surface area contributed by atoms with Crippen LogP contribution < -0.4 is 0 Å². The number of hydrogen-bond acceptors (Lipinski definition) is 2. The van der Waals surface area contributed by atoms with Crippen LogP contribution in [0.2, 0.25) is 5.02 Å². The summed E-state index contributed by atoms with van der Waals surface area (Å²) in [6.45, 7) is 4.15. The second kappa shape index (κ2) is 5.15. The lowest BCUT2D eigenvalue weighted by Gasteiger charge is -2.07. The summed E-state index contributed by atoms with van der Waals surface area (Å²) in [6, 6.07) is 9.56. The fourth-order valence-corrected chi connectivity index (χ4v) is 1.99. The van der Waals surface area contributed by atoms with Crippen molar-refractivity contribution in [2.75, 3.05) is 0 Å². The van der Waals surface area contributed by atoms with E-state index in [9.17, 15) is 0 Å². The molecule has 0 spiro atoms. The van der Waals surface area contributed by atoms with Crippen molar-refractivity contribution in [1.82, 2.24) is 9.97 Å². The van der Waals surface area contributed by atoms with Crippen LogP contribution in [-0.2, 0) is 0 Å². The third kappa shape index (κ3) is 3.05. The van der Waals surface area contributed by atoms with Gasteiger partial charge in [-0.2, -0.15) is 0 Å². The molecule has 0 fully saturated rings. The largest absolute Gasteiger partial charge is 0.233 e. The first-order chi connectivity index (χ1) is 8.06. The molecule has 1 aromatic carbocycles. The molecule has 0 saturated heterocycles. The average molecular weight is 312 g/mol. The van der Waals surface area contributed by atoms with Gasteiger partial charge in [0.15, 0.2) is 0 Å². The van der Waals surface area contributed by atoms with Crippen molar-refractivity contribution in [1.29, 1.82) is 0 Å². The molecule has 2 rings (SSSR count). The fraction of sp³-hybridized carbons (Fsp3) is 0.231. The summed E-state index contributed by atoms with van der Waals surface area (Å²) >= 11 is 9.29. The van der Waals surface area contributed by atoms with Crippen molar-refractivity contribution in [3.05, 3.63) is 45.8 Å². The van der Waals surface area contributed by atoms with Gasteiger partial charge < -0.3 is 0 Å². The Morgan fingerprint density at radius 2 is 1.76 bits per heavy atom. The van der Waals surface area contributed by atoms with Crippen LogP contribution in [0.15, 0.2) is 34.9 Å². The molecule has 0 aliphatic rings. The molecule has 1 aromatic heterocycles. The molecule has 17 heavy (non-hydrogen) atoms. The molecule has 0 bridgehead atoms. The van der Waals surface area contributed by atoms with E-state index in [1.54, 1.807) is 0 Å². The predicted octanol–water partition coefficient (Wildman–Crippen LogP) is 4.68. The van der Waals surface area contributed by atoms with E-state index in [1.807, 2.05) is 30.3 Å². The molecule has 0 aliphatic carbocycles. The summed E-state index contributed by atoms with van der Waals surface area (Å²) in [5.41, 5.74) is 1.95. The third-order valence-electron chi connectivity index (χ3n) is 2.37. The van der Waals surface area contributed by atoms with E-state index < -0.39 is 0 Å². The highest BCUT2D eigenvalue weighted by atomic mass is 79.9. The van der Waals surface area contributed by atoms with Crippen LogP contribution in [0.5, 0.6) is 0 Å². The van der Waals surface area contributed by atoms with Gasteiger partial charge in [-0.1, -0.05) is 37.6 Å². The molecule has 0 saturated carbocycles. The summed E-state index contributed by atoms with van der Waals surface area (Å²) < 4.78 is 0.807. The third-order valence-corrected chi connectivity index (χ3v) is 3.03. The predicted molar refractivity (Wildman–Crippen MR) is 74.3 cm³/mol. The molecule has 0 amide bonds. The van der Waals surface area contributed by atoms with Gasteiger partial charge in [-0.15, -0.1) is 0 Å². The van der Waals surface area contributed by atoms with Crippen molar-refractivity contribution in [3.63, 3.8) is 0 Å². The molecule has 2 aromatic rings. The van der Waals surface area contributed by atoms with Crippen molar-refractivity contribution < 1.29 is 0 Å². The molecule has 1 heterocycles. The Bertz CT molecular complexity index is 523. The van der Waals surface area contributed by atoms with Gasteiger partial charge in [0.2, 0.25) is 0 Å². The maximum Gasteiger partial charge on any atom is 0.132 e. The van der Waals surface area contributed by atoms with Gasteiger partial charge in [0.1, 0.15) is 10.4 Å². The van der Waals surface area contributed by atoms with E-state index in [0.717, 1.165) is 26.7 Å². The molecular formula is C13H12BrClN2. The van der Waals surface area contributed by atoms with Crippen LogP contribution in [0, 0.1) is 0 Å². The van der Waals surface area contributed by atoms with Crippen LogP contribution in [0.25, 0.3) is 11.3 Å². The molecule has 0 atom stereocenters. The monoisotopic (exact) mass is 310 g/mol. The summed E-state index contributed by atoms with van der Waals surface area (Å²) in [4.78, 5) is 8.90. The first-order valence-electron chi connectivity index (χ1n) is 5.36. The van der Waals surface area contributed by atoms with Crippen molar-refractivity contribution in [2.24, 2.45) is 0 Å². The van der Waals surface area contributed by atoms with E-state index in [1.165, 1.54) is 0 Å². The van der Waals surface area contributed by atoms with E-state index in [0.29, 0.717) is 5.92 Å². The summed E-state index contributed by atoms with van der Waals surface area (Å²) in [5, 5.41) is 0.728. The normalized spacial score (nSPS) is 10.9. The van der Waals surface area contributed by atoms with Crippen LogP contribution >= 0.6 is 27.5 Å². The van der Waals surface area contributed by atoms with Crippen LogP contribution in [0.1, 0.15) is 25.6 Å². The van der Waals surface area contributed by atoms with Crippen LogP contribution in [0.3, 0.4) is 0 Å². The zero-order chi connectivity index (χ0) is 12.4. The molecule has 2 nitrogen and oxygen atoms in total. The minimum Gasteiger partial charge on any atom is -0.233 e. The number of benzene rings is 1. The summed E-state index contributed by atoms with van der Waals surface area (Å²) in [6.07, 6.45) is 0. The zero-order valence-electron chi connectivity index (χ0n) is 9.61. The van der Waals surface area contributed by atoms with Crippen molar-refractivity contribution in [3.8, 4) is 11.3 Å². The number of nitrogens with zero attached hydrogens (tertiary/aromatic N) is 2. The Balaban J connectivity index is 2.48. The smallest absolute Gasteiger partial charge is 0.132 e. The molecule has 0 N–H and O–H groups in total. The highest BCUT2D eigenvalue weighted by molar-refractivity contribution is 9.10. The summed E-state index contributed by atoms with van der Waals surface area (Å²) in [5.74, 6) is 1.14. The lowest BCUT2D eigenvalue weighted by atomic mass is 10.1. The first kappa shape index (κ1) is 12.5. The fourth-order valence-electron chi connectivity index (χ4n) is 1.46. The van der Waals surface area contributed by atoms with Gasteiger partial charge in [-0.3, -0.25) is 0 Å². The van der Waals surface area contributed by atoms with Gasteiger partial charge >= 0.3 is 0 Å². The summed E-state index contributed by atoms with van der Waals surface area (Å²) in [7, 11) is 0. The second-order valence-corrected chi connectivity index (χ2v) is 5.34. The standard InChI is InChI=1S/C13H12BrClN2/c1-8(2)13-16-11(7-12(14)17-13)9-3-5-10(15)6-4-9/h3-8H,1-2H3. The molecule has 0 radical (unpaired) electrons. The van der Waals surface area contributed by atoms with Gasteiger partial charge in [-0.25, -0.2) is 9.97 Å². The number of halogens is 2. The number of aromatic nitrogens is 2. The lowest BCUT2D eigenvalue weighted by molar-refractivity contribution is 0.771. The van der Waals surface area contributed by atoms with Crippen LogP contribution in [-0.4, -0.2) is 9.97 Å². The average Bonchev–Trinajstić information content (AvgIpc) is 2.29. The number of rotatable bonds is 2. The Kier molecular flexibility index (Phi) is 3.79. The first-order valence-corrected chi connectivity index (χ1v) is 6.54. The maximum absolute atomic E-state index is 5.87. The second-order valence-electron chi connectivity index (χ2n) is 4.10. The maximum atomic E-state index is 5.87. The molecular weight excluding hydrogens is 300 g/mol. The highest BCUT2D eigenvalue weighted by Crippen LogP contribution is 2.23. The minimum absolute atomic E-state index is 0.304. The van der Waals surface area contributed by atoms with Gasteiger partial charge in [0, 0.05) is 16.5 Å². The van der Waals surface area contributed by atoms with E-state index >= 15 is 0 Å². The minimum atomic E-state index is 0.304. The quantitative estimate of drug-likeness (QED) is 0.752. The Morgan fingerprint density at radius 3 is 2.35 bits per heavy atom. The van der Waals surface area contributed by atoms with Crippen LogP contribution in [0.4, 0.5) is 0 Å². The van der Waals surface area contributed by atoms with Crippen molar-refractivity contribution >= 4 is 27.5 Å². The highest BCUT2D eigenvalue weighted by Gasteiger charge is 2.08. The Labute approximate surface area is 114 Å². The Hall–Kier alpha value is -0.930. The topological polar surface area (TPSA) is 25.8 Å². The van der Waals surface area contributed by atoms with E-state index in [2.05, 4.69) is 39.7 Å². The molecule has 0 aliphatic heterocycles. The van der Waals surface area contributed by atoms with Gasteiger partial charge in [0.05, 0.1) is 5.69 Å². The van der Waals surface area contributed by atoms with Gasteiger partial charge in [0.25, 0.3) is 0 Å². The zero-order valence-corrected chi connectivity index (χ0v) is 12.0. The van der Waals surface area contributed by atoms with Gasteiger partial charge in [-0.05, 0) is 34.1 Å². The SMILES string of the molecule is CC(C)c1nc(Br)cc(-c2ccc(Cl)cc2)n1. The van der Waals surface area contributed by atoms with Crippen molar-refractivity contribution in [2.45, 2.75) is 19.8 Å². The molecule has 0 unspecified atom stereocenters.